The molecule has 0 saturated carbocycles. The predicted molar refractivity (Wildman–Crippen MR) is 83.0 cm³/mol. The molecule has 2 aromatic rings. The summed E-state index contributed by atoms with van der Waals surface area (Å²) in [7, 11) is 1.94. The van der Waals surface area contributed by atoms with Crippen LogP contribution in [0.4, 0.5) is 4.39 Å². The van der Waals surface area contributed by atoms with Crippen LogP contribution in [0.2, 0.25) is 5.02 Å². The Morgan fingerprint density at radius 2 is 2.00 bits per heavy atom. The van der Waals surface area contributed by atoms with Gasteiger partial charge in [0.05, 0.1) is 5.02 Å². The number of benzene rings is 2. The highest BCUT2D eigenvalue weighted by Gasteiger charge is 2.13. The molecule has 1 N–H and O–H groups in total. The van der Waals surface area contributed by atoms with E-state index in [0.29, 0.717) is 5.92 Å². The van der Waals surface area contributed by atoms with Crippen LogP contribution in [0.25, 0.3) is 0 Å². The van der Waals surface area contributed by atoms with Gasteiger partial charge < -0.3 is 5.32 Å². The third kappa shape index (κ3) is 3.81. The molecule has 20 heavy (non-hydrogen) atoms. The van der Waals surface area contributed by atoms with E-state index in [1.54, 1.807) is 12.1 Å². The van der Waals surface area contributed by atoms with Crippen molar-refractivity contribution in [2.45, 2.75) is 19.3 Å². The summed E-state index contributed by atoms with van der Waals surface area (Å²) in [4.78, 5) is 0. The standard InChI is InChI=1S/C17H19ClFN/c1-12-4-3-5-14(8-12)15(11-20-2)9-13-6-7-17(19)16(18)10-13/h3-8,10,15,20H,9,11H2,1-2H3. The SMILES string of the molecule is CNCC(Cc1ccc(F)c(Cl)c1)c1cccc(C)c1. The van der Waals surface area contributed by atoms with Gasteiger partial charge in [0.1, 0.15) is 5.82 Å². The first-order valence-electron chi connectivity index (χ1n) is 6.75. The Balaban J connectivity index is 2.22. The van der Waals surface area contributed by atoms with Crippen molar-refractivity contribution in [1.29, 1.82) is 0 Å². The van der Waals surface area contributed by atoms with Gasteiger partial charge in [-0.25, -0.2) is 4.39 Å². The number of halogens is 2. The second-order valence-electron chi connectivity index (χ2n) is 5.12. The van der Waals surface area contributed by atoms with Gasteiger partial charge in [-0.3, -0.25) is 0 Å². The highest BCUT2D eigenvalue weighted by atomic mass is 35.5. The van der Waals surface area contributed by atoms with E-state index >= 15 is 0 Å². The van der Waals surface area contributed by atoms with Crippen LogP contribution < -0.4 is 5.32 Å². The fraction of sp³-hybridized carbons (Fsp3) is 0.294. The van der Waals surface area contributed by atoms with E-state index in [2.05, 4.69) is 36.5 Å². The zero-order chi connectivity index (χ0) is 14.5. The molecule has 2 aromatic carbocycles. The first kappa shape index (κ1) is 15.0. The van der Waals surface area contributed by atoms with Crippen molar-refractivity contribution in [1.82, 2.24) is 5.32 Å². The molecule has 1 nitrogen and oxygen atoms in total. The summed E-state index contributed by atoms with van der Waals surface area (Å²) in [5.41, 5.74) is 3.60. The molecule has 0 spiro atoms. The number of likely N-dealkylation sites (N-methyl/N-ethyl adjacent to an activating group) is 1. The van der Waals surface area contributed by atoms with E-state index in [1.807, 2.05) is 7.05 Å². The Morgan fingerprint density at radius 1 is 1.20 bits per heavy atom. The van der Waals surface area contributed by atoms with E-state index in [-0.39, 0.29) is 10.8 Å². The smallest absolute Gasteiger partial charge is 0.141 e. The fourth-order valence-electron chi connectivity index (χ4n) is 2.43. The summed E-state index contributed by atoms with van der Waals surface area (Å²) >= 11 is 5.85. The molecule has 2 rings (SSSR count). The number of aryl methyl sites for hydroxylation is 1. The number of hydrogen-bond acceptors (Lipinski definition) is 1. The Labute approximate surface area is 124 Å². The van der Waals surface area contributed by atoms with Gasteiger partial charge in [-0.1, -0.05) is 47.5 Å². The van der Waals surface area contributed by atoms with Crippen molar-refractivity contribution in [3.05, 3.63) is 70.0 Å². The molecular formula is C17H19ClFN. The summed E-state index contributed by atoms with van der Waals surface area (Å²) in [6, 6.07) is 13.5. The lowest BCUT2D eigenvalue weighted by molar-refractivity contribution is 0.615. The van der Waals surface area contributed by atoms with Crippen molar-refractivity contribution in [3.63, 3.8) is 0 Å². The van der Waals surface area contributed by atoms with Crippen LogP contribution in [0, 0.1) is 12.7 Å². The van der Waals surface area contributed by atoms with Gasteiger partial charge in [0.25, 0.3) is 0 Å². The predicted octanol–water partition coefficient (Wildman–Crippen LogP) is 4.33. The van der Waals surface area contributed by atoms with E-state index in [4.69, 9.17) is 11.6 Å². The quantitative estimate of drug-likeness (QED) is 0.864. The molecule has 0 aliphatic rings. The minimum absolute atomic E-state index is 0.190. The third-order valence-corrected chi connectivity index (χ3v) is 3.72. The average Bonchev–Trinajstić information content (AvgIpc) is 2.42. The van der Waals surface area contributed by atoms with Gasteiger partial charge in [0.2, 0.25) is 0 Å². The zero-order valence-electron chi connectivity index (χ0n) is 11.8. The monoisotopic (exact) mass is 291 g/mol. The lowest BCUT2D eigenvalue weighted by Crippen LogP contribution is -2.19. The summed E-state index contributed by atoms with van der Waals surface area (Å²) in [5.74, 6) is -0.0161. The topological polar surface area (TPSA) is 12.0 Å². The second kappa shape index (κ2) is 6.87. The van der Waals surface area contributed by atoms with E-state index in [1.165, 1.54) is 17.2 Å². The molecule has 1 atom stereocenters. The average molecular weight is 292 g/mol. The maximum absolute atomic E-state index is 13.2. The molecule has 0 heterocycles. The maximum atomic E-state index is 13.2. The van der Waals surface area contributed by atoms with Gasteiger partial charge in [-0.2, -0.15) is 0 Å². The molecule has 0 bridgehead atoms. The van der Waals surface area contributed by atoms with Crippen LogP contribution in [0.15, 0.2) is 42.5 Å². The van der Waals surface area contributed by atoms with Crippen LogP contribution in [-0.2, 0) is 6.42 Å². The van der Waals surface area contributed by atoms with Gasteiger partial charge in [0, 0.05) is 12.5 Å². The number of hydrogen-bond donors (Lipinski definition) is 1. The summed E-state index contributed by atoms with van der Waals surface area (Å²) < 4.78 is 13.2. The molecule has 0 aromatic heterocycles. The Kier molecular flexibility index (Phi) is 5.16. The van der Waals surface area contributed by atoms with Crippen LogP contribution in [-0.4, -0.2) is 13.6 Å². The Morgan fingerprint density at radius 3 is 2.65 bits per heavy atom. The first-order chi connectivity index (χ1) is 9.60. The minimum Gasteiger partial charge on any atom is -0.319 e. The van der Waals surface area contributed by atoms with Crippen LogP contribution in [0.1, 0.15) is 22.6 Å². The van der Waals surface area contributed by atoms with Gasteiger partial charge in [0.15, 0.2) is 0 Å². The van der Waals surface area contributed by atoms with Gasteiger partial charge in [-0.05, 0) is 43.7 Å². The molecule has 0 saturated heterocycles. The molecule has 1 unspecified atom stereocenters. The van der Waals surface area contributed by atoms with Crippen LogP contribution >= 0.6 is 11.6 Å². The van der Waals surface area contributed by atoms with E-state index in [0.717, 1.165) is 18.5 Å². The van der Waals surface area contributed by atoms with Crippen LogP contribution in [0.3, 0.4) is 0 Å². The maximum Gasteiger partial charge on any atom is 0.141 e. The second-order valence-corrected chi connectivity index (χ2v) is 5.53. The molecule has 3 heteroatoms. The van der Waals surface area contributed by atoms with E-state index < -0.39 is 0 Å². The van der Waals surface area contributed by atoms with Crippen molar-refractivity contribution >= 4 is 11.6 Å². The minimum atomic E-state index is -0.365. The normalized spacial score (nSPS) is 12.4. The molecule has 0 amide bonds. The van der Waals surface area contributed by atoms with Crippen LogP contribution in [0.5, 0.6) is 0 Å². The number of rotatable bonds is 5. The lowest BCUT2D eigenvalue weighted by atomic mass is 9.91. The number of nitrogens with one attached hydrogen (secondary N) is 1. The highest BCUT2D eigenvalue weighted by molar-refractivity contribution is 6.30. The largest absolute Gasteiger partial charge is 0.319 e. The summed E-state index contributed by atoms with van der Waals surface area (Å²) in [5, 5.41) is 3.41. The first-order valence-corrected chi connectivity index (χ1v) is 7.13. The Hall–Kier alpha value is -1.38. The van der Waals surface area contributed by atoms with Crippen molar-refractivity contribution in [3.8, 4) is 0 Å². The third-order valence-electron chi connectivity index (χ3n) is 3.43. The Bertz CT molecular complexity index is 583. The summed E-state index contributed by atoms with van der Waals surface area (Å²) in [6.45, 7) is 2.97. The molecule has 0 aliphatic heterocycles. The van der Waals surface area contributed by atoms with Gasteiger partial charge in [-0.15, -0.1) is 0 Å². The molecule has 0 aliphatic carbocycles. The molecule has 106 valence electrons. The van der Waals surface area contributed by atoms with Gasteiger partial charge >= 0.3 is 0 Å². The zero-order valence-corrected chi connectivity index (χ0v) is 12.5. The summed E-state index contributed by atoms with van der Waals surface area (Å²) in [6.07, 6.45) is 0.838. The van der Waals surface area contributed by atoms with E-state index in [9.17, 15) is 4.39 Å². The highest BCUT2D eigenvalue weighted by Crippen LogP contribution is 2.24. The lowest BCUT2D eigenvalue weighted by Gasteiger charge is -2.18. The molecule has 0 radical (unpaired) electrons. The van der Waals surface area contributed by atoms with Crippen molar-refractivity contribution in [2.24, 2.45) is 0 Å². The van der Waals surface area contributed by atoms with Crippen molar-refractivity contribution in [2.75, 3.05) is 13.6 Å². The molecular weight excluding hydrogens is 273 g/mol. The van der Waals surface area contributed by atoms with Crippen molar-refractivity contribution < 1.29 is 4.39 Å². The molecule has 0 fully saturated rings. The fourth-order valence-corrected chi connectivity index (χ4v) is 2.63.